The number of hydrogen-bond donors (Lipinski definition) is 0. The van der Waals surface area contributed by atoms with Gasteiger partial charge in [-0.25, -0.2) is 4.98 Å². The van der Waals surface area contributed by atoms with Gasteiger partial charge >= 0.3 is 0 Å². The quantitative estimate of drug-likeness (QED) is 0.549. The van der Waals surface area contributed by atoms with Gasteiger partial charge in [-0.3, -0.25) is 0 Å². The third-order valence-electron chi connectivity index (χ3n) is 3.43. The van der Waals surface area contributed by atoms with Crippen molar-refractivity contribution in [3.63, 3.8) is 0 Å². The molecule has 23 heavy (non-hydrogen) atoms. The summed E-state index contributed by atoms with van der Waals surface area (Å²) in [4.78, 5) is 6.38. The van der Waals surface area contributed by atoms with Crippen LogP contribution in [0.5, 0.6) is 0 Å². The lowest BCUT2D eigenvalue weighted by atomic mass is 10.1. The van der Waals surface area contributed by atoms with Gasteiger partial charge in [0.15, 0.2) is 10.8 Å². The number of benzene rings is 1. The monoisotopic (exact) mass is 361 g/mol. The number of nitrogens with zero attached hydrogens (tertiary/aromatic N) is 5. The number of thiazole rings is 1. The molecule has 8 heteroatoms. The first-order valence-corrected chi connectivity index (χ1v) is 9.01. The van der Waals surface area contributed by atoms with E-state index in [1.54, 1.807) is 11.3 Å². The molecule has 0 spiro atoms. The molecule has 0 unspecified atom stereocenters. The zero-order valence-electron chi connectivity index (χ0n) is 12.4. The van der Waals surface area contributed by atoms with Crippen LogP contribution in [0.2, 0.25) is 5.02 Å². The van der Waals surface area contributed by atoms with Crippen molar-refractivity contribution in [3.05, 3.63) is 51.4 Å². The van der Waals surface area contributed by atoms with Crippen LogP contribution in [0.4, 0.5) is 0 Å². The summed E-state index contributed by atoms with van der Waals surface area (Å²) in [6.45, 7) is 4.02. The molecule has 0 bridgehead atoms. The highest BCUT2D eigenvalue weighted by Crippen LogP contribution is 2.33. The number of hydrogen-bond acceptors (Lipinski definition) is 6. The van der Waals surface area contributed by atoms with Gasteiger partial charge in [-0.15, -0.1) is 21.5 Å². The first-order valence-electron chi connectivity index (χ1n) is 7.00. The van der Waals surface area contributed by atoms with Gasteiger partial charge in [0, 0.05) is 11.4 Å². The van der Waals surface area contributed by atoms with Crippen molar-refractivity contribution in [1.29, 1.82) is 0 Å². The van der Waals surface area contributed by atoms with E-state index < -0.39 is 0 Å². The van der Waals surface area contributed by atoms with Gasteiger partial charge in [0.05, 0.1) is 15.6 Å². The molecule has 3 heterocycles. The van der Waals surface area contributed by atoms with Gasteiger partial charge < -0.3 is 0 Å². The molecule has 0 fully saturated rings. The van der Waals surface area contributed by atoms with Crippen molar-refractivity contribution in [2.45, 2.75) is 20.3 Å². The van der Waals surface area contributed by atoms with Gasteiger partial charge in [-0.1, -0.05) is 35.1 Å². The van der Waals surface area contributed by atoms with E-state index in [1.807, 2.05) is 42.6 Å². The van der Waals surface area contributed by atoms with Crippen LogP contribution in [0.15, 0.2) is 24.3 Å². The second-order valence-electron chi connectivity index (χ2n) is 5.17. The van der Waals surface area contributed by atoms with Crippen LogP contribution in [-0.4, -0.2) is 24.8 Å². The molecule has 0 saturated carbocycles. The van der Waals surface area contributed by atoms with E-state index in [9.17, 15) is 0 Å². The molecule has 116 valence electrons. The van der Waals surface area contributed by atoms with Crippen LogP contribution < -0.4 is 0 Å². The Balaban J connectivity index is 1.72. The van der Waals surface area contributed by atoms with E-state index in [2.05, 4.69) is 20.3 Å². The molecule has 0 N–H and O–H groups in total. The zero-order chi connectivity index (χ0) is 16.0. The molecule has 3 aromatic heterocycles. The van der Waals surface area contributed by atoms with E-state index in [0.29, 0.717) is 6.42 Å². The van der Waals surface area contributed by atoms with Crippen molar-refractivity contribution in [1.82, 2.24) is 24.8 Å². The second-order valence-corrected chi connectivity index (χ2v) is 7.76. The summed E-state index contributed by atoms with van der Waals surface area (Å²) < 4.78 is 1.82. The first-order chi connectivity index (χ1) is 11.1. The third kappa shape index (κ3) is 2.75. The zero-order valence-corrected chi connectivity index (χ0v) is 14.8. The van der Waals surface area contributed by atoms with Crippen molar-refractivity contribution >= 4 is 39.2 Å². The summed E-state index contributed by atoms with van der Waals surface area (Å²) in [5, 5.41) is 15.9. The summed E-state index contributed by atoms with van der Waals surface area (Å²) >= 11 is 9.13. The molecule has 1 aromatic carbocycles. The highest BCUT2D eigenvalue weighted by Gasteiger charge is 2.16. The van der Waals surface area contributed by atoms with Crippen LogP contribution in [0.1, 0.15) is 22.1 Å². The Kier molecular flexibility index (Phi) is 3.63. The molecule has 0 saturated heterocycles. The number of fused-ring (bicyclic) bond motifs is 1. The Morgan fingerprint density at radius 3 is 2.57 bits per heavy atom. The highest BCUT2D eigenvalue weighted by atomic mass is 35.5. The molecule has 0 aliphatic rings. The summed E-state index contributed by atoms with van der Waals surface area (Å²) in [5.74, 6) is 0.823. The average molecular weight is 362 g/mol. The summed E-state index contributed by atoms with van der Waals surface area (Å²) in [6.07, 6.45) is 0.669. The molecule has 0 aliphatic heterocycles. The van der Waals surface area contributed by atoms with Crippen molar-refractivity contribution in [2.24, 2.45) is 0 Å². The van der Waals surface area contributed by atoms with E-state index in [0.717, 1.165) is 42.0 Å². The van der Waals surface area contributed by atoms with Crippen molar-refractivity contribution in [2.75, 3.05) is 0 Å². The summed E-state index contributed by atoms with van der Waals surface area (Å²) in [6, 6.07) is 7.75. The molecular weight excluding hydrogens is 350 g/mol. The topological polar surface area (TPSA) is 56.0 Å². The van der Waals surface area contributed by atoms with Gasteiger partial charge in [-0.05, 0) is 31.5 Å². The molecule has 4 rings (SSSR count). The maximum absolute atomic E-state index is 5.93. The van der Waals surface area contributed by atoms with Gasteiger partial charge in [-0.2, -0.15) is 9.61 Å². The van der Waals surface area contributed by atoms with Gasteiger partial charge in [0.1, 0.15) is 0 Å². The molecule has 0 aliphatic carbocycles. The maximum atomic E-state index is 5.93. The molecule has 4 aromatic rings. The Bertz CT molecular complexity index is 983. The van der Waals surface area contributed by atoms with Crippen LogP contribution in [-0.2, 0) is 6.42 Å². The maximum Gasteiger partial charge on any atom is 0.235 e. The van der Waals surface area contributed by atoms with Crippen molar-refractivity contribution < 1.29 is 0 Å². The van der Waals surface area contributed by atoms with Crippen LogP contribution in [0.3, 0.4) is 0 Å². The first kappa shape index (κ1) is 14.7. The average Bonchev–Trinajstić information content (AvgIpc) is 3.17. The fraction of sp³-hybridized carbons (Fsp3) is 0.200. The SMILES string of the molecule is Cc1nc(C)c(-c2nn3c(Cc4ccc(Cl)cc4)nnc3s2)s1. The molecule has 0 amide bonds. The lowest BCUT2D eigenvalue weighted by Crippen LogP contribution is -1.97. The van der Waals surface area contributed by atoms with Gasteiger partial charge in [0.25, 0.3) is 0 Å². The minimum Gasteiger partial charge on any atom is -0.246 e. The fourth-order valence-electron chi connectivity index (χ4n) is 2.37. The van der Waals surface area contributed by atoms with Crippen LogP contribution >= 0.6 is 34.3 Å². The number of rotatable bonds is 3. The lowest BCUT2D eigenvalue weighted by Gasteiger charge is -1.98. The predicted molar refractivity (Wildman–Crippen MR) is 93.5 cm³/mol. The van der Waals surface area contributed by atoms with Crippen LogP contribution in [0.25, 0.3) is 14.8 Å². The van der Waals surface area contributed by atoms with E-state index in [4.69, 9.17) is 11.6 Å². The molecular formula is C15H12ClN5S2. The van der Waals surface area contributed by atoms with Gasteiger partial charge in [0.2, 0.25) is 4.96 Å². The second kappa shape index (κ2) is 5.67. The highest BCUT2D eigenvalue weighted by molar-refractivity contribution is 7.24. The number of aryl methyl sites for hydroxylation is 2. The Hall–Kier alpha value is -1.83. The standard InChI is InChI=1S/C15H12ClN5S2/c1-8-13(22-9(2)17-8)14-20-21-12(18-19-15(21)23-14)7-10-3-5-11(16)6-4-10/h3-6H,7H2,1-2H3. The van der Waals surface area contributed by atoms with E-state index in [-0.39, 0.29) is 0 Å². The summed E-state index contributed by atoms with van der Waals surface area (Å²) in [5.41, 5.74) is 2.14. The van der Waals surface area contributed by atoms with E-state index >= 15 is 0 Å². The fourth-order valence-corrected chi connectivity index (χ4v) is 4.40. The molecule has 5 nitrogen and oxygen atoms in total. The van der Waals surface area contributed by atoms with E-state index in [1.165, 1.54) is 11.3 Å². The Morgan fingerprint density at radius 2 is 1.87 bits per heavy atom. The predicted octanol–water partition coefficient (Wildman–Crippen LogP) is 4.17. The third-order valence-corrected chi connectivity index (χ3v) is 5.81. The normalized spacial score (nSPS) is 11.4. The lowest BCUT2D eigenvalue weighted by molar-refractivity contribution is 0.854. The minimum atomic E-state index is 0.669. The number of aromatic nitrogens is 5. The Morgan fingerprint density at radius 1 is 1.09 bits per heavy atom. The number of halogens is 1. The molecule has 0 atom stereocenters. The van der Waals surface area contributed by atoms with Crippen molar-refractivity contribution in [3.8, 4) is 9.88 Å². The largest absolute Gasteiger partial charge is 0.246 e. The van der Waals surface area contributed by atoms with Crippen LogP contribution in [0, 0.1) is 13.8 Å². The smallest absolute Gasteiger partial charge is 0.235 e. The Labute approximate surface area is 145 Å². The molecule has 0 radical (unpaired) electrons. The minimum absolute atomic E-state index is 0.669. The summed E-state index contributed by atoms with van der Waals surface area (Å²) in [7, 11) is 0.